The zero-order valence-electron chi connectivity index (χ0n) is 15.5. The van der Waals surface area contributed by atoms with E-state index >= 15 is 0 Å². The first-order valence-corrected chi connectivity index (χ1v) is 9.12. The number of carbonyl (C=O) groups excluding carboxylic acids is 1. The third-order valence-electron chi connectivity index (χ3n) is 4.92. The van der Waals surface area contributed by atoms with Crippen LogP contribution in [0.2, 0.25) is 0 Å². The molecule has 1 aromatic carbocycles. The summed E-state index contributed by atoms with van der Waals surface area (Å²) in [6.45, 7) is 2.77. The van der Waals surface area contributed by atoms with E-state index in [9.17, 15) is 18.0 Å². The van der Waals surface area contributed by atoms with Crippen molar-refractivity contribution in [3.05, 3.63) is 59.9 Å². The third kappa shape index (κ3) is 4.33. The van der Waals surface area contributed by atoms with Gasteiger partial charge in [0.25, 0.3) is 0 Å². The summed E-state index contributed by atoms with van der Waals surface area (Å²) < 4.78 is 47.5. The Morgan fingerprint density at radius 2 is 1.93 bits per heavy atom. The van der Waals surface area contributed by atoms with Crippen LogP contribution in [0.3, 0.4) is 0 Å². The molecule has 0 radical (unpaired) electrons. The average molecular weight is 405 g/mol. The summed E-state index contributed by atoms with van der Waals surface area (Å²) in [7, 11) is 0. The zero-order valence-corrected chi connectivity index (χ0v) is 15.5. The number of nitrogens with zero attached hydrogens (tertiary/aromatic N) is 3. The van der Waals surface area contributed by atoms with Crippen molar-refractivity contribution in [1.29, 1.82) is 0 Å². The highest BCUT2D eigenvalue weighted by atomic mass is 19.4. The highest BCUT2D eigenvalue weighted by Crippen LogP contribution is 2.39. The van der Waals surface area contributed by atoms with Crippen LogP contribution in [0.25, 0.3) is 11.4 Å². The zero-order chi connectivity index (χ0) is 20.6. The van der Waals surface area contributed by atoms with Crippen LogP contribution in [0.1, 0.15) is 30.6 Å². The average Bonchev–Trinajstić information content (AvgIpc) is 3.09. The Bertz CT molecular complexity index is 981. The molecule has 0 N–H and O–H groups in total. The van der Waals surface area contributed by atoms with E-state index in [2.05, 4.69) is 14.7 Å². The fourth-order valence-corrected chi connectivity index (χ4v) is 3.14. The van der Waals surface area contributed by atoms with Gasteiger partial charge in [0.2, 0.25) is 11.7 Å². The number of rotatable bonds is 6. The molecule has 2 aromatic heterocycles. The molecule has 2 heterocycles. The number of furan rings is 1. The number of aromatic nitrogens is 2. The van der Waals surface area contributed by atoms with Gasteiger partial charge in [-0.05, 0) is 30.0 Å². The molecular formula is C20H18F3N3O3. The fraction of sp³-hybridized carbons (Fsp3) is 0.350. The minimum atomic E-state index is -4.68. The molecular weight excluding hydrogens is 387 g/mol. The molecule has 1 aliphatic carbocycles. The van der Waals surface area contributed by atoms with E-state index in [0.717, 1.165) is 12.0 Å². The van der Waals surface area contributed by atoms with Gasteiger partial charge in [-0.15, -0.1) is 0 Å². The minimum Gasteiger partial charge on any atom is -0.467 e. The van der Waals surface area contributed by atoms with Crippen LogP contribution in [-0.4, -0.2) is 20.9 Å². The van der Waals surface area contributed by atoms with Gasteiger partial charge in [-0.1, -0.05) is 36.3 Å². The van der Waals surface area contributed by atoms with Crippen molar-refractivity contribution in [2.75, 3.05) is 0 Å². The highest BCUT2D eigenvalue weighted by molar-refractivity contribution is 5.81. The second-order valence-electron chi connectivity index (χ2n) is 7.21. The Balaban J connectivity index is 1.49. The molecule has 1 saturated carbocycles. The largest absolute Gasteiger partial charge is 0.471 e. The van der Waals surface area contributed by atoms with Crippen molar-refractivity contribution >= 4 is 5.91 Å². The van der Waals surface area contributed by atoms with Crippen LogP contribution < -0.4 is 0 Å². The van der Waals surface area contributed by atoms with Gasteiger partial charge in [0, 0.05) is 18.0 Å². The van der Waals surface area contributed by atoms with E-state index in [1.165, 1.54) is 0 Å². The molecule has 1 fully saturated rings. The maximum atomic E-state index is 12.8. The fourth-order valence-electron chi connectivity index (χ4n) is 3.14. The molecule has 1 amide bonds. The molecule has 29 heavy (non-hydrogen) atoms. The highest BCUT2D eigenvalue weighted by Gasteiger charge is 2.41. The van der Waals surface area contributed by atoms with Gasteiger partial charge in [-0.3, -0.25) is 4.79 Å². The first-order chi connectivity index (χ1) is 13.8. The standard InChI is InChI=1S/C20H18F3N3O3/c1-12-9-16(12)18(27)26(11-15-3-2-8-28-15)10-13-4-6-14(7-5-13)17-24-19(29-25-17)20(21,22)23/h2-8,12,16H,9-11H2,1H3. The maximum absolute atomic E-state index is 12.8. The molecule has 0 bridgehead atoms. The van der Waals surface area contributed by atoms with E-state index in [1.807, 2.05) is 13.0 Å². The summed E-state index contributed by atoms with van der Waals surface area (Å²) >= 11 is 0. The van der Waals surface area contributed by atoms with Gasteiger partial charge in [-0.2, -0.15) is 18.2 Å². The molecule has 2 unspecified atom stereocenters. The van der Waals surface area contributed by atoms with Crippen molar-refractivity contribution in [2.24, 2.45) is 11.8 Å². The lowest BCUT2D eigenvalue weighted by Crippen LogP contribution is -2.31. The van der Waals surface area contributed by atoms with Gasteiger partial charge < -0.3 is 13.8 Å². The Kier molecular flexibility index (Phi) is 4.89. The first kappa shape index (κ1) is 19.2. The lowest BCUT2D eigenvalue weighted by Gasteiger charge is -2.22. The number of alkyl halides is 3. The summed E-state index contributed by atoms with van der Waals surface area (Å²) in [4.78, 5) is 17.9. The van der Waals surface area contributed by atoms with E-state index in [1.54, 1.807) is 41.5 Å². The Morgan fingerprint density at radius 1 is 1.21 bits per heavy atom. The van der Waals surface area contributed by atoms with E-state index in [0.29, 0.717) is 30.3 Å². The monoisotopic (exact) mass is 405 g/mol. The molecule has 3 aromatic rings. The summed E-state index contributed by atoms with van der Waals surface area (Å²) in [5.41, 5.74) is 1.23. The van der Waals surface area contributed by atoms with Gasteiger partial charge >= 0.3 is 12.1 Å². The second-order valence-corrected chi connectivity index (χ2v) is 7.21. The Morgan fingerprint density at radius 3 is 2.48 bits per heavy atom. The molecule has 9 heteroatoms. The van der Waals surface area contributed by atoms with Gasteiger partial charge in [-0.25, -0.2) is 0 Å². The number of carbonyl (C=O) groups is 1. The van der Waals surface area contributed by atoms with Crippen LogP contribution in [0.4, 0.5) is 13.2 Å². The lowest BCUT2D eigenvalue weighted by molar-refractivity contribution is -0.159. The van der Waals surface area contributed by atoms with Crippen LogP contribution >= 0.6 is 0 Å². The van der Waals surface area contributed by atoms with Gasteiger partial charge in [0.1, 0.15) is 5.76 Å². The predicted octanol–water partition coefficient (Wildman–Crippen LogP) is 4.53. The van der Waals surface area contributed by atoms with Crippen LogP contribution in [0.15, 0.2) is 51.6 Å². The molecule has 6 nitrogen and oxygen atoms in total. The number of benzene rings is 1. The molecule has 1 aliphatic rings. The number of hydrogen-bond acceptors (Lipinski definition) is 5. The van der Waals surface area contributed by atoms with E-state index in [-0.39, 0.29) is 17.6 Å². The molecule has 2 atom stereocenters. The van der Waals surface area contributed by atoms with Crippen LogP contribution in [-0.2, 0) is 24.1 Å². The minimum absolute atomic E-state index is 0.0318. The number of halogens is 3. The van der Waals surface area contributed by atoms with Crippen LogP contribution in [0, 0.1) is 11.8 Å². The summed E-state index contributed by atoms with van der Waals surface area (Å²) in [6, 6.07) is 10.3. The van der Waals surface area contributed by atoms with E-state index < -0.39 is 12.1 Å². The van der Waals surface area contributed by atoms with Crippen molar-refractivity contribution in [3.63, 3.8) is 0 Å². The third-order valence-corrected chi connectivity index (χ3v) is 4.92. The van der Waals surface area contributed by atoms with Crippen molar-refractivity contribution in [1.82, 2.24) is 15.0 Å². The summed E-state index contributed by atoms with van der Waals surface area (Å²) in [5, 5.41) is 3.38. The first-order valence-electron chi connectivity index (χ1n) is 9.12. The second kappa shape index (κ2) is 7.38. The number of amides is 1. The lowest BCUT2D eigenvalue weighted by atomic mass is 10.1. The Labute approximate surface area is 164 Å². The van der Waals surface area contributed by atoms with E-state index in [4.69, 9.17) is 4.42 Å². The van der Waals surface area contributed by atoms with Crippen molar-refractivity contribution in [2.45, 2.75) is 32.6 Å². The van der Waals surface area contributed by atoms with Crippen LogP contribution in [0.5, 0.6) is 0 Å². The molecule has 0 aliphatic heterocycles. The predicted molar refractivity (Wildman–Crippen MR) is 95.0 cm³/mol. The van der Waals surface area contributed by atoms with Crippen molar-refractivity contribution < 1.29 is 26.9 Å². The maximum Gasteiger partial charge on any atom is 0.471 e. The van der Waals surface area contributed by atoms with Gasteiger partial charge in [0.05, 0.1) is 12.8 Å². The van der Waals surface area contributed by atoms with Gasteiger partial charge in [0.15, 0.2) is 0 Å². The molecule has 0 saturated heterocycles. The SMILES string of the molecule is CC1CC1C(=O)N(Cc1ccc(-c2noc(C(F)(F)F)n2)cc1)Cc1ccco1. The topological polar surface area (TPSA) is 72.4 Å². The Hall–Kier alpha value is -3.10. The smallest absolute Gasteiger partial charge is 0.467 e. The molecule has 0 spiro atoms. The summed E-state index contributed by atoms with van der Waals surface area (Å²) in [6.07, 6.45) is -2.24. The van der Waals surface area contributed by atoms with Crippen molar-refractivity contribution in [3.8, 4) is 11.4 Å². The molecule has 4 rings (SSSR count). The quantitative estimate of drug-likeness (QED) is 0.602. The normalized spacial score (nSPS) is 18.6. The molecule has 152 valence electrons. The number of hydrogen-bond donors (Lipinski definition) is 0. The summed E-state index contributed by atoms with van der Waals surface area (Å²) in [5.74, 6) is -0.348.